The third kappa shape index (κ3) is 3.51. The Morgan fingerprint density at radius 2 is 1.76 bits per heavy atom. The third-order valence-electron chi connectivity index (χ3n) is 5.78. The van der Waals surface area contributed by atoms with E-state index in [1.807, 2.05) is 6.20 Å². The third-order valence-corrected chi connectivity index (χ3v) is 5.78. The second kappa shape index (κ2) is 7.47. The van der Waals surface area contributed by atoms with Gasteiger partial charge in [-0.1, -0.05) is 0 Å². The fourth-order valence-electron chi connectivity index (χ4n) is 4.31. The fraction of sp³-hybridized carbons (Fsp3) is 0.550. The van der Waals surface area contributed by atoms with Gasteiger partial charge in [-0.15, -0.1) is 0 Å². The van der Waals surface area contributed by atoms with Gasteiger partial charge in [-0.25, -0.2) is 0 Å². The monoisotopic (exact) mass is 337 g/mol. The molecule has 1 aromatic carbocycles. The summed E-state index contributed by atoms with van der Waals surface area (Å²) >= 11 is 0. The minimum absolute atomic E-state index is 0.595. The largest absolute Gasteiger partial charge is 0.368 e. The normalized spacial score (nSPS) is 19.8. The van der Waals surface area contributed by atoms with Crippen molar-refractivity contribution >= 4 is 16.6 Å². The van der Waals surface area contributed by atoms with Gasteiger partial charge in [0.15, 0.2) is 0 Å². The van der Waals surface area contributed by atoms with Crippen molar-refractivity contribution in [3.8, 4) is 6.07 Å². The van der Waals surface area contributed by atoms with Crippen LogP contribution in [0.1, 0.15) is 31.2 Å². The molecule has 0 bridgehead atoms. The molecule has 2 aliphatic heterocycles. The van der Waals surface area contributed by atoms with Gasteiger partial charge in [0.25, 0.3) is 0 Å². The van der Waals surface area contributed by atoms with Gasteiger partial charge in [-0.3, -0.25) is 0 Å². The number of nitrogens with one attached hydrogen (secondary N) is 3. The lowest BCUT2D eigenvalue weighted by Gasteiger charge is -2.39. The first-order chi connectivity index (χ1) is 12.3. The predicted molar refractivity (Wildman–Crippen MR) is 102 cm³/mol. The summed E-state index contributed by atoms with van der Waals surface area (Å²) in [6.45, 7) is 5.61. The highest BCUT2D eigenvalue weighted by atomic mass is 15.2. The number of piperidine rings is 2. The van der Waals surface area contributed by atoms with E-state index in [1.54, 1.807) is 0 Å². The maximum Gasteiger partial charge on any atom is 0.101 e. The van der Waals surface area contributed by atoms with Gasteiger partial charge in [0.2, 0.25) is 0 Å². The number of nitrogens with zero attached hydrogens (tertiary/aromatic N) is 2. The molecular formula is C20H27N5. The molecule has 132 valence electrons. The van der Waals surface area contributed by atoms with Crippen molar-refractivity contribution in [1.82, 2.24) is 15.6 Å². The Kier molecular flexibility index (Phi) is 4.91. The SMILES string of the molecule is N#Cc1c[nH]c2ccc(N(CC3CCNCC3)C3CCNCC3)cc12. The van der Waals surface area contributed by atoms with Gasteiger partial charge in [-0.05, 0) is 76.0 Å². The molecule has 3 N–H and O–H groups in total. The van der Waals surface area contributed by atoms with Crippen LogP contribution in [0.15, 0.2) is 24.4 Å². The van der Waals surface area contributed by atoms with E-state index in [0.29, 0.717) is 6.04 Å². The van der Waals surface area contributed by atoms with Crippen LogP contribution >= 0.6 is 0 Å². The summed E-state index contributed by atoms with van der Waals surface area (Å²) in [5.41, 5.74) is 3.06. The van der Waals surface area contributed by atoms with Crippen LogP contribution in [0.5, 0.6) is 0 Å². The maximum atomic E-state index is 9.36. The molecule has 2 fully saturated rings. The Bertz CT molecular complexity index is 747. The van der Waals surface area contributed by atoms with Gasteiger partial charge in [0, 0.05) is 35.4 Å². The molecule has 2 aliphatic rings. The smallest absolute Gasteiger partial charge is 0.101 e. The first kappa shape index (κ1) is 16.4. The molecule has 1 aromatic heterocycles. The predicted octanol–water partition coefficient (Wildman–Crippen LogP) is 2.60. The molecule has 5 nitrogen and oxygen atoms in total. The Labute approximate surface area is 149 Å². The number of H-pyrrole nitrogens is 1. The van der Waals surface area contributed by atoms with E-state index >= 15 is 0 Å². The summed E-state index contributed by atoms with van der Waals surface area (Å²) in [4.78, 5) is 5.84. The van der Waals surface area contributed by atoms with E-state index in [4.69, 9.17) is 0 Å². The van der Waals surface area contributed by atoms with Crippen molar-refractivity contribution in [2.24, 2.45) is 5.92 Å². The summed E-state index contributed by atoms with van der Waals surface area (Å²) < 4.78 is 0. The zero-order valence-corrected chi connectivity index (χ0v) is 14.7. The van der Waals surface area contributed by atoms with Gasteiger partial charge >= 0.3 is 0 Å². The van der Waals surface area contributed by atoms with Crippen molar-refractivity contribution in [2.75, 3.05) is 37.6 Å². The molecule has 0 unspecified atom stereocenters. The average Bonchev–Trinajstić information content (AvgIpc) is 3.10. The zero-order chi connectivity index (χ0) is 17.1. The number of nitriles is 1. The molecule has 0 atom stereocenters. The number of fused-ring (bicyclic) bond motifs is 1. The molecule has 2 aromatic rings. The van der Waals surface area contributed by atoms with Gasteiger partial charge in [0.1, 0.15) is 6.07 Å². The van der Waals surface area contributed by atoms with Crippen LogP contribution in [0.25, 0.3) is 10.9 Å². The van der Waals surface area contributed by atoms with Gasteiger partial charge in [-0.2, -0.15) is 5.26 Å². The van der Waals surface area contributed by atoms with Crippen LogP contribution in [-0.2, 0) is 0 Å². The van der Waals surface area contributed by atoms with Crippen molar-refractivity contribution in [3.63, 3.8) is 0 Å². The van der Waals surface area contributed by atoms with Crippen molar-refractivity contribution in [2.45, 2.75) is 31.7 Å². The lowest BCUT2D eigenvalue weighted by molar-refractivity contribution is 0.345. The number of benzene rings is 1. The Hall–Kier alpha value is -2.03. The molecule has 0 radical (unpaired) electrons. The molecule has 0 spiro atoms. The molecule has 4 rings (SSSR count). The molecular weight excluding hydrogens is 310 g/mol. The Morgan fingerprint density at radius 3 is 2.48 bits per heavy atom. The molecule has 0 aliphatic carbocycles. The summed E-state index contributed by atoms with van der Waals surface area (Å²) in [6.07, 6.45) is 6.73. The summed E-state index contributed by atoms with van der Waals surface area (Å²) in [5, 5.41) is 17.4. The second-order valence-corrected chi connectivity index (χ2v) is 7.37. The van der Waals surface area contributed by atoms with Crippen LogP contribution in [0.2, 0.25) is 0 Å². The molecule has 5 heteroatoms. The number of hydrogen-bond acceptors (Lipinski definition) is 4. The van der Waals surface area contributed by atoms with Crippen LogP contribution in [0.4, 0.5) is 5.69 Å². The standard InChI is InChI=1S/C20H27N5/c21-12-16-13-24-20-2-1-18(11-19(16)20)25(17-5-9-23-10-6-17)14-15-3-7-22-8-4-15/h1-2,11,13,15,17,22-24H,3-10,14H2. The lowest BCUT2D eigenvalue weighted by atomic mass is 9.94. The highest BCUT2D eigenvalue weighted by molar-refractivity contribution is 5.88. The van der Waals surface area contributed by atoms with E-state index in [0.717, 1.165) is 55.1 Å². The number of hydrogen-bond donors (Lipinski definition) is 3. The highest BCUT2D eigenvalue weighted by Crippen LogP contribution is 2.29. The van der Waals surface area contributed by atoms with Crippen molar-refractivity contribution < 1.29 is 0 Å². The molecule has 3 heterocycles. The Balaban J connectivity index is 1.64. The van der Waals surface area contributed by atoms with Crippen LogP contribution < -0.4 is 15.5 Å². The average molecular weight is 337 g/mol. The quantitative estimate of drug-likeness (QED) is 0.802. The number of aromatic nitrogens is 1. The first-order valence-electron chi connectivity index (χ1n) is 9.54. The second-order valence-electron chi connectivity index (χ2n) is 7.37. The van der Waals surface area contributed by atoms with Gasteiger partial charge < -0.3 is 20.5 Å². The molecule has 0 amide bonds. The number of rotatable bonds is 4. The van der Waals surface area contributed by atoms with Gasteiger partial charge in [0.05, 0.1) is 5.56 Å². The maximum absolute atomic E-state index is 9.36. The van der Waals surface area contributed by atoms with Crippen molar-refractivity contribution in [3.05, 3.63) is 30.0 Å². The van der Waals surface area contributed by atoms with Crippen LogP contribution in [0, 0.1) is 17.2 Å². The van der Waals surface area contributed by atoms with Crippen LogP contribution in [0.3, 0.4) is 0 Å². The minimum atomic E-state index is 0.595. The summed E-state index contributed by atoms with van der Waals surface area (Å²) in [5.74, 6) is 0.758. The van der Waals surface area contributed by atoms with E-state index < -0.39 is 0 Å². The summed E-state index contributed by atoms with van der Waals surface area (Å²) in [6, 6.07) is 9.47. The minimum Gasteiger partial charge on any atom is -0.368 e. The van der Waals surface area contributed by atoms with E-state index in [9.17, 15) is 5.26 Å². The highest BCUT2D eigenvalue weighted by Gasteiger charge is 2.25. The van der Waals surface area contributed by atoms with Crippen LogP contribution in [-0.4, -0.2) is 43.7 Å². The van der Waals surface area contributed by atoms with E-state index in [-0.39, 0.29) is 0 Å². The molecule has 2 saturated heterocycles. The summed E-state index contributed by atoms with van der Waals surface area (Å²) in [7, 11) is 0. The fourth-order valence-corrected chi connectivity index (χ4v) is 4.31. The lowest BCUT2D eigenvalue weighted by Crippen LogP contribution is -2.46. The van der Waals surface area contributed by atoms with Crippen molar-refractivity contribution in [1.29, 1.82) is 5.26 Å². The van der Waals surface area contributed by atoms with E-state index in [2.05, 4.69) is 44.8 Å². The molecule has 0 saturated carbocycles. The Morgan fingerprint density at radius 1 is 1.04 bits per heavy atom. The molecule has 25 heavy (non-hydrogen) atoms. The number of aromatic amines is 1. The zero-order valence-electron chi connectivity index (χ0n) is 14.7. The van der Waals surface area contributed by atoms with E-state index in [1.165, 1.54) is 31.4 Å². The topological polar surface area (TPSA) is 66.9 Å². The first-order valence-corrected chi connectivity index (χ1v) is 9.54. The number of anilines is 1.